The zero-order valence-electron chi connectivity index (χ0n) is 9.96. The van der Waals surface area contributed by atoms with Gasteiger partial charge in [0.05, 0.1) is 13.7 Å². The molecule has 0 radical (unpaired) electrons. The second-order valence-electron chi connectivity index (χ2n) is 1.04. The maximum atomic E-state index is 10.1. The van der Waals surface area contributed by atoms with Crippen LogP contribution in [-0.2, 0) is 9.53 Å². The number of rotatable bonds is 2. The fourth-order valence-electron chi connectivity index (χ4n) is 0.197. The van der Waals surface area contributed by atoms with Gasteiger partial charge in [-0.25, -0.2) is 4.79 Å². The van der Waals surface area contributed by atoms with Crippen LogP contribution in [0.3, 0.4) is 0 Å². The highest BCUT2D eigenvalue weighted by Gasteiger charge is 1.92. The maximum absolute atomic E-state index is 10.1. The average Bonchev–Trinajstić information content (AvgIpc) is 2.33. The molecule has 0 aliphatic carbocycles. The molecular weight excluding hydrogens is 186 g/mol. The second kappa shape index (κ2) is 40.6. The molecule has 0 aliphatic heterocycles. The lowest BCUT2D eigenvalue weighted by molar-refractivity contribution is -0.107. The molecule has 0 aromatic heterocycles. The van der Waals surface area contributed by atoms with Crippen LogP contribution in [0.5, 0.6) is 0 Å². The van der Waals surface area contributed by atoms with Crippen molar-refractivity contribution in [3.63, 3.8) is 0 Å². The van der Waals surface area contributed by atoms with Gasteiger partial charge in [-0.3, -0.25) is 0 Å². The van der Waals surface area contributed by atoms with Gasteiger partial charge in [-0.15, -0.1) is 0 Å². The number of aldehydes is 1. The van der Waals surface area contributed by atoms with E-state index in [2.05, 4.69) is 10.1 Å². The van der Waals surface area contributed by atoms with E-state index in [1.54, 1.807) is 0 Å². The van der Waals surface area contributed by atoms with Crippen LogP contribution >= 0.6 is 0 Å². The lowest BCUT2D eigenvalue weighted by atomic mass is 10.7. The zero-order valence-corrected chi connectivity index (χ0v) is 9.96. The normalized spacial score (nSPS) is 5.64. The minimum Gasteiger partial charge on any atom is -0.453 e. The van der Waals surface area contributed by atoms with Crippen molar-refractivity contribution >= 4 is 12.4 Å². The third-order valence-corrected chi connectivity index (χ3v) is 0.515. The molecule has 0 atom stereocenters. The fraction of sp³-hybridized carbons (Fsp3) is 0.778. The van der Waals surface area contributed by atoms with E-state index in [1.807, 2.05) is 27.7 Å². The first-order valence-electron chi connectivity index (χ1n) is 4.51. The number of aliphatic hydroxyl groups is 1. The van der Waals surface area contributed by atoms with Crippen LogP contribution in [0.1, 0.15) is 27.7 Å². The van der Waals surface area contributed by atoms with Gasteiger partial charge >= 0.3 is 6.09 Å². The van der Waals surface area contributed by atoms with E-state index >= 15 is 0 Å². The van der Waals surface area contributed by atoms with E-state index in [1.165, 1.54) is 7.11 Å². The number of nitrogens with one attached hydrogen (secondary N) is 1. The number of amides is 1. The van der Waals surface area contributed by atoms with Crippen LogP contribution in [0.4, 0.5) is 4.79 Å². The highest BCUT2D eigenvalue weighted by atomic mass is 16.5. The van der Waals surface area contributed by atoms with Crippen molar-refractivity contribution in [1.82, 2.24) is 5.32 Å². The molecule has 88 valence electrons. The molecule has 5 nitrogen and oxygen atoms in total. The first kappa shape index (κ1) is 23.1. The van der Waals surface area contributed by atoms with E-state index in [-0.39, 0.29) is 6.54 Å². The molecule has 0 aromatic carbocycles. The lowest BCUT2D eigenvalue weighted by Crippen LogP contribution is -2.24. The van der Waals surface area contributed by atoms with Gasteiger partial charge in [-0.1, -0.05) is 27.7 Å². The van der Waals surface area contributed by atoms with Crippen LogP contribution < -0.4 is 5.32 Å². The SMILES string of the molecule is CC.CC.CO.COC(=O)NCC=O. The predicted molar refractivity (Wildman–Crippen MR) is 57.3 cm³/mol. The van der Waals surface area contributed by atoms with Crippen LogP contribution in [0.15, 0.2) is 0 Å². The van der Waals surface area contributed by atoms with Crippen molar-refractivity contribution in [2.75, 3.05) is 20.8 Å². The van der Waals surface area contributed by atoms with Gasteiger partial charge in [-0.2, -0.15) is 0 Å². The second-order valence-corrected chi connectivity index (χ2v) is 1.04. The number of methoxy groups -OCH3 is 1. The molecular formula is C9H23NO4. The summed E-state index contributed by atoms with van der Waals surface area (Å²) in [5, 5.41) is 9.15. The number of ether oxygens (including phenoxy) is 1. The van der Waals surface area contributed by atoms with E-state index in [0.29, 0.717) is 6.29 Å². The Kier molecular flexibility index (Phi) is 66.9. The van der Waals surface area contributed by atoms with Crippen molar-refractivity contribution < 1.29 is 19.4 Å². The summed E-state index contributed by atoms with van der Waals surface area (Å²) >= 11 is 0. The molecule has 14 heavy (non-hydrogen) atoms. The number of carbonyl (C=O) groups excluding carboxylic acids is 2. The van der Waals surface area contributed by atoms with E-state index in [9.17, 15) is 9.59 Å². The smallest absolute Gasteiger partial charge is 0.407 e. The third-order valence-electron chi connectivity index (χ3n) is 0.515. The molecule has 0 saturated carbocycles. The Balaban J connectivity index is -0.0000000708. The summed E-state index contributed by atoms with van der Waals surface area (Å²) in [6.07, 6.45) is -0.00574. The lowest BCUT2D eigenvalue weighted by Gasteiger charge is -1.94. The molecule has 0 saturated heterocycles. The molecule has 0 unspecified atom stereocenters. The van der Waals surface area contributed by atoms with Crippen LogP contribution in [0.2, 0.25) is 0 Å². The Labute approximate surface area is 86.5 Å². The summed E-state index contributed by atoms with van der Waals surface area (Å²) in [7, 11) is 2.24. The number of hydrogen-bond acceptors (Lipinski definition) is 4. The van der Waals surface area contributed by atoms with Crippen LogP contribution in [0.25, 0.3) is 0 Å². The highest BCUT2D eigenvalue weighted by Crippen LogP contribution is 1.65. The monoisotopic (exact) mass is 209 g/mol. The van der Waals surface area contributed by atoms with Gasteiger partial charge in [-0.05, 0) is 0 Å². The fourth-order valence-corrected chi connectivity index (χ4v) is 0.197. The van der Waals surface area contributed by atoms with E-state index in [4.69, 9.17) is 5.11 Å². The standard InChI is InChI=1S/C4H7NO3.2C2H6.CH4O/c1-8-4(7)5-2-3-6;3*1-2/h3H,2H2,1H3,(H,5,7);2*1-2H3;2H,1H3. The molecule has 0 rings (SSSR count). The van der Waals surface area contributed by atoms with Gasteiger partial charge in [0.1, 0.15) is 6.29 Å². The summed E-state index contributed by atoms with van der Waals surface area (Å²) in [4.78, 5) is 19.6. The Morgan fingerprint density at radius 1 is 1.29 bits per heavy atom. The number of alkyl carbamates (subject to hydrolysis) is 1. The van der Waals surface area contributed by atoms with Crippen molar-refractivity contribution in [1.29, 1.82) is 0 Å². The largest absolute Gasteiger partial charge is 0.453 e. The first-order valence-corrected chi connectivity index (χ1v) is 4.51. The third kappa shape index (κ3) is 44.5. The van der Waals surface area contributed by atoms with Crippen LogP contribution in [0, 0.1) is 0 Å². The van der Waals surface area contributed by atoms with Crippen molar-refractivity contribution in [3.8, 4) is 0 Å². The van der Waals surface area contributed by atoms with E-state index < -0.39 is 6.09 Å². The van der Waals surface area contributed by atoms with Gasteiger partial charge < -0.3 is 20.0 Å². The minimum atomic E-state index is -0.586. The highest BCUT2D eigenvalue weighted by molar-refractivity contribution is 5.70. The topological polar surface area (TPSA) is 75.6 Å². The molecule has 2 N–H and O–H groups in total. The quantitative estimate of drug-likeness (QED) is 0.670. The molecule has 5 heteroatoms. The summed E-state index contributed by atoms with van der Waals surface area (Å²) in [5.74, 6) is 0. The maximum Gasteiger partial charge on any atom is 0.407 e. The van der Waals surface area contributed by atoms with Crippen molar-refractivity contribution in [2.24, 2.45) is 0 Å². The van der Waals surface area contributed by atoms with Crippen LogP contribution in [-0.4, -0.2) is 38.3 Å². The summed E-state index contributed by atoms with van der Waals surface area (Å²) in [6, 6.07) is 0. The zero-order chi connectivity index (χ0) is 12.4. The first-order chi connectivity index (χ1) is 6.81. The predicted octanol–water partition coefficient (Wildman–Crippen LogP) is 1.20. The molecule has 0 aromatic rings. The van der Waals surface area contributed by atoms with Gasteiger partial charge in [0.15, 0.2) is 0 Å². The van der Waals surface area contributed by atoms with Gasteiger partial charge in [0.25, 0.3) is 0 Å². The Hall–Kier alpha value is -1.10. The number of hydrogen-bond donors (Lipinski definition) is 2. The summed E-state index contributed by atoms with van der Waals surface area (Å²) < 4.78 is 4.14. The summed E-state index contributed by atoms with van der Waals surface area (Å²) in [5.41, 5.74) is 0. The van der Waals surface area contributed by atoms with E-state index in [0.717, 1.165) is 7.11 Å². The minimum absolute atomic E-state index is 0.00662. The van der Waals surface area contributed by atoms with Crippen molar-refractivity contribution in [3.05, 3.63) is 0 Å². The van der Waals surface area contributed by atoms with Crippen molar-refractivity contribution in [2.45, 2.75) is 27.7 Å². The molecule has 1 amide bonds. The van der Waals surface area contributed by atoms with Gasteiger partial charge in [0, 0.05) is 7.11 Å². The molecule has 0 heterocycles. The molecule has 0 spiro atoms. The molecule has 0 bridgehead atoms. The Morgan fingerprint density at radius 3 is 1.86 bits per heavy atom. The number of carbonyl (C=O) groups is 2. The Morgan fingerprint density at radius 2 is 1.64 bits per heavy atom. The van der Waals surface area contributed by atoms with Gasteiger partial charge in [0.2, 0.25) is 0 Å². The molecule has 0 fully saturated rings. The molecule has 0 aliphatic rings. The Bertz CT molecular complexity index is 96.8. The summed E-state index contributed by atoms with van der Waals surface area (Å²) in [6.45, 7) is 8.01. The number of aliphatic hydroxyl groups excluding tert-OH is 1. The average molecular weight is 209 g/mol.